The summed E-state index contributed by atoms with van der Waals surface area (Å²) in [6, 6.07) is 5.95. The Morgan fingerprint density at radius 2 is 2.27 bits per heavy atom. The highest BCUT2D eigenvalue weighted by atomic mass is 127. The summed E-state index contributed by atoms with van der Waals surface area (Å²) >= 11 is 8.17. The fourth-order valence-electron chi connectivity index (χ4n) is 0.875. The first-order valence-corrected chi connectivity index (χ1v) is 4.79. The van der Waals surface area contributed by atoms with Gasteiger partial charge in [0.2, 0.25) is 0 Å². The molecule has 0 radical (unpaired) electrons. The van der Waals surface area contributed by atoms with Crippen LogP contribution in [0.2, 0.25) is 5.02 Å². The van der Waals surface area contributed by atoms with Crippen LogP contribution in [-0.2, 0) is 6.54 Å². The van der Waals surface area contributed by atoms with Crippen molar-refractivity contribution < 1.29 is 0 Å². The summed E-state index contributed by atoms with van der Waals surface area (Å²) in [7, 11) is 1.93. The van der Waals surface area contributed by atoms with Crippen LogP contribution in [0, 0.1) is 3.57 Å². The van der Waals surface area contributed by atoms with Gasteiger partial charge in [0, 0.05) is 10.1 Å². The lowest BCUT2D eigenvalue weighted by atomic mass is 10.2. The molecule has 1 N–H and O–H groups in total. The van der Waals surface area contributed by atoms with Gasteiger partial charge in [-0.25, -0.2) is 0 Å². The molecule has 0 aliphatic heterocycles. The van der Waals surface area contributed by atoms with Gasteiger partial charge in [-0.3, -0.25) is 0 Å². The molecule has 0 fully saturated rings. The zero-order valence-corrected chi connectivity index (χ0v) is 9.11. The normalized spacial score (nSPS) is 10.1. The van der Waals surface area contributed by atoms with Crippen LogP contribution in [0.4, 0.5) is 0 Å². The molecule has 0 bridgehead atoms. The van der Waals surface area contributed by atoms with E-state index in [1.54, 1.807) is 0 Å². The van der Waals surface area contributed by atoms with Crippen LogP contribution in [0.5, 0.6) is 0 Å². The first-order valence-electron chi connectivity index (χ1n) is 3.33. The van der Waals surface area contributed by atoms with Crippen molar-refractivity contribution in [2.75, 3.05) is 7.05 Å². The molecule has 0 spiro atoms. The third-order valence-electron chi connectivity index (χ3n) is 1.40. The number of hydrogen-bond acceptors (Lipinski definition) is 1. The Morgan fingerprint density at radius 3 is 2.91 bits per heavy atom. The second-order valence-corrected chi connectivity index (χ2v) is 3.73. The molecule has 0 saturated carbocycles. The van der Waals surface area contributed by atoms with Crippen molar-refractivity contribution in [2.45, 2.75) is 6.54 Å². The van der Waals surface area contributed by atoms with Crippen molar-refractivity contribution in [3.63, 3.8) is 0 Å². The zero-order valence-electron chi connectivity index (χ0n) is 6.20. The highest BCUT2D eigenvalue weighted by Crippen LogP contribution is 2.21. The van der Waals surface area contributed by atoms with Crippen molar-refractivity contribution >= 4 is 34.2 Å². The highest BCUT2D eigenvalue weighted by Gasteiger charge is 2.00. The SMILES string of the molecule is CNCc1cccc(Cl)c1I. The monoisotopic (exact) mass is 281 g/mol. The van der Waals surface area contributed by atoms with Gasteiger partial charge in [0.1, 0.15) is 0 Å². The minimum atomic E-state index is 0.832. The van der Waals surface area contributed by atoms with Crippen LogP contribution in [0.25, 0.3) is 0 Å². The molecule has 0 saturated heterocycles. The molecule has 0 unspecified atom stereocenters. The smallest absolute Gasteiger partial charge is 0.0542 e. The number of nitrogens with one attached hydrogen (secondary N) is 1. The number of benzene rings is 1. The molecular weight excluding hydrogens is 272 g/mol. The van der Waals surface area contributed by atoms with E-state index in [0.717, 1.165) is 15.1 Å². The third-order valence-corrected chi connectivity index (χ3v) is 3.31. The second kappa shape index (κ2) is 4.28. The zero-order chi connectivity index (χ0) is 8.27. The van der Waals surface area contributed by atoms with Gasteiger partial charge in [-0.1, -0.05) is 23.7 Å². The van der Waals surface area contributed by atoms with Crippen molar-refractivity contribution in [3.05, 3.63) is 32.4 Å². The summed E-state index contributed by atoms with van der Waals surface area (Å²) in [5, 5.41) is 3.92. The fraction of sp³-hybridized carbons (Fsp3) is 0.250. The van der Waals surface area contributed by atoms with Crippen LogP contribution in [0.15, 0.2) is 18.2 Å². The lowest BCUT2D eigenvalue weighted by Crippen LogP contribution is -2.06. The van der Waals surface area contributed by atoms with Crippen LogP contribution >= 0.6 is 34.2 Å². The molecule has 0 atom stereocenters. The van der Waals surface area contributed by atoms with Crippen molar-refractivity contribution in [2.24, 2.45) is 0 Å². The Balaban J connectivity index is 2.96. The van der Waals surface area contributed by atoms with E-state index in [0.29, 0.717) is 0 Å². The summed E-state index contributed by atoms with van der Waals surface area (Å²) in [6.07, 6.45) is 0. The van der Waals surface area contributed by atoms with Gasteiger partial charge in [0.05, 0.1) is 5.02 Å². The fourth-order valence-corrected chi connectivity index (χ4v) is 1.62. The van der Waals surface area contributed by atoms with Crippen LogP contribution in [0.3, 0.4) is 0 Å². The van der Waals surface area contributed by atoms with E-state index >= 15 is 0 Å². The van der Waals surface area contributed by atoms with E-state index in [1.165, 1.54) is 5.56 Å². The number of hydrogen-bond donors (Lipinski definition) is 1. The summed E-state index contributed by atoms with van der Waals surface area (Å²) < 4.78 is 1.14. The minimum absolute atomic E-state index is 0.832. The molecule has 0 amide bonds. The molecule has 0 heterocycles. The summed E-state index contributed by atoms with van der Waals surface area (Å²) in [5.41, 5.74) is 1.25. The van der Waals surface area contributed by atoms with E-state index in [1.807, 2.05) is 19.2 Å². The Kier molecular flexibility index (Phi) is 3.62. The van der Waals surface area contributed by atoms with Gasteiger partial charge in [0.25, 0.3) is 0 Å². The first kappa shape index (κ1) is 9.29. The molecule has 0 aromatic heterocycles. The largest absolute Gasteiger partial charge is 0.316 e. The predicted octanol–water partition coefficient (Wildman–Crippen LogP) is 2.66. The van der Waals surface area contributed by atoms with E-state index in [2.05, 4.69) is 34.0 Å². The Labute approximate surface area is 85.3 Å². The highest BCUT2D eigenvalue weighted by molar-refractivity contribution is 14.1. The molecular formula is C8H9ClIN. The van der Waals surface area contributed by atoms with Crippen LogP contribution < -0.4 is 5.32 Å². The molecule has 0 aliphatic carbocycles. The standard InChI is InChI=1S/C8H9ClIN/c1-11-5-6-3-2-4-7(9)8(6)10/h2-4,11H,5H2,1H3. The third kappa shape index (κ3) is 2.32. The van der Waals surface area contributed by atoms with E-state index in [4.69, 9.17) is 11.6 Å². The molecule has 0 aliphatic rings. The van der Waals surface area contributed by atoms with Crippen molar-refractivity contribution in [3.8, 4) is 0 Å². The topological polar surface area (TPSA) is 12.0 Å². The molecule has 60 valence electrons. The second-order valence-electron chi connectivity index (χ2n) is 2.24. The number of rotatable bonds is 2. The lowest BCUT2D eigenvalue weighted by Gasteiger charge is -2.03. The van der Waals surface area contributed by atoms with Gasteiger partial charge >= 0.3 is 0 Å². The average Bonchev–Trinajstić information content (AvgIpc) is 1.99. The molecule has 1 aromatic carbocycles. The summed E-state index contributed by atoms with van der Waals surface area (Å²) in [4.78, 5) is 0. The van der Waals surface area contributed by atoms with E-state index < -0.39 is 0 Å². The average molecular weight is 282 g/mol. The first-order chi connectivity index (χ1) is 5.25. The van der Waals surface area contributed by atoms with Gasteiger partial charge in [-0.05, 0) is 41.3 Å². The Hall–Kier alpha value is 0.200. The predicted molar refractivity (Wildman–Crippen MR) is 56.9 cm³/mol. The molecule has 1 nitrogen and oxygen atoms in total. The van der Waals surface area contributed by atoms with Crippen LogP contribution in [-0.4, -0.2) is 7.05 Å². The maximum atomic E-state index is 5.91. The van der Waals surface area contributed by atoms with Crippen LogP contribution in [0.1, 0.15) is 5.56 Å². The Morgan fingerprint density at radius 1 is 1.55 bits per heavy atom. The molecule has 11 heavy (non-hydrogen) atoms. The number of halogens is 2. The van der Waals surface area contributed by atoms with Gasteiger partial charge in [-0.2, -0.15) is 0 Å². The molecule has 1 aromatic rings. The Bertz CT molecular complexity index is 250. The van der Waals surface area contributed by atoms with Gasteiger partial charge in [-0.15, -0.1) is 0 Å². The van der Waals surface area contributed by atoms with Crippen molar-refractivity contribution in [1.29, 1.82) is 0 Å². The maximum Gasteiger partial charge on any atom is 0.0542 e. The quantitative estimate of drug-likeness (QED) is 0.822. The lowest BCUT2D eigenvalue weighted by molar-refractivity contribution is 0.814. The summed E-state index contributed by atoms with van der Waals surface area (Å²) in [5.74, 6) is 0. The van der Waals surface area contributed by atoms with E-state index in [9.17, 15) is 0 Å². The molecule has 1 rings (SSSR count). The minimum Gasteiger partial charge on any atom is -0.316 e. The van der Waals surface area contributed by atoms with Crippen molar-refractivity contribution in [1.82, 2.24) is 5.32 Å². The maximum absolute atomic E-state index is 5.91. The molecule has 3 heteroatoms. The van der Waals surface area contributed by atoms with Gasteiger partial charge < -0.3 is 5.32 Å². The summed E-state index contributed by atoms with van der Waals surface area (Å²) in [6.45, 7) is 0.874. The van der Waals surface area contributed by atoms with Gasteiger partial charge in [0.15, 0.2) is 0 Å². The van der Waals surface area contributed by atoms with E-state index in [-0.39, 0.29) is 0 Å².